The van der Waals surface area contributed by atoms with Crippen molar-refractivity contribution in [2.45, 2.75) is 180 Å². The molecule has 0 rings (SSSR count). The Morgan fingerprint density at radius 3 is 1.81 bits per heavy atom. The summed E-state index contributed by atoms with van der Waals surface area (Å²) in [6.45, 7) is 2.47. The van der Waals surface area contributed by atoms with Crippen molar-refractivity contribution in [3.8, 4) is 0 Å². The molecule has 1 unspecified atom stereocenters. The maximum Gasteiger partial charge on any atom is 0.310 e. The molecule has 0 aromatic carbocycles. The van der Waals surface area contributed by atoms with Crippen LogP contribution in [0.1, 0.15) is 174 Å². The SMILES string of the molecule is CCCCCC[C@@H](O)C/C=C\CCCCCCC(C(=O)O)/C(=C/CCCCCCCCO)CCCCCCCC(=O)O. The van der Waals surface area contributed by atoms with E-state index in [9.17, 15) is 19.8 Å². The van der Waals surface area contributed by atoms with Crippen molar-refractivity contribution in [3.05, 3.63) is 23.8 Å². The number of carboxylic acids is 2. The Kier molecular flexibility index (Phi) is 29.6. The lowest BCUT2D eigenvalue weighted by Gasteiger charge is -2.17. The third-order valence-electron chi connectivity index (χ3n) is 8.20. The summed E-state index contributed by atoms with van der Waals surface area (Å²) in [7, 11) is 0. The van der Waals surface area contributed by atoms with Gasteiger partial charge in [-0.15, -0.1) is 0 Å². The Morgan fingerprint density at radius 2 is 1.17 bits per heavy atom. The van der Waals surface area contributed by atoms with Crippen molar-refractivity contribution < 1.29 is 30.0 Å². The van der Waals surface area contributed by atoms with Crippen LogP contribution in [0, 0.1) is 5.92 Å². The Hall–Kier alpha value is -1.66. The molecule has 0 spiro atoms. The molecule has 6 heteroatoms. The average molecular weight is 595 g/mol. The normalized spacial score (nSPS) is 13.5. The summed E-state index contributed by atoms with van der Waals surface area (Å²) < 4.78 is 0. The first-order valence-corrected chi connectivity index (χ1v) is 17.5. The van der Waals surface area contributed by atoms with Crippen molar-refractivity contribution in [2.75, 3.05) is 6.61 Å². The van der Waals surface area contributed by atoms with Gasteiger partial charge in [-0.3, -0.25) is 9.59 Å². The molecule has 4 N–H and O–H groups in total. The van der Waals surface area contributed by atoms with E-state index < -0.39 is 17.9 Å². The zero-order valence-electron chi connectivity index (χ0n) is 27.1. The summed E-state index contributed by atoms with van der Waals surface area (Å²) in [5.41, 5.74) is 1.09. The summed E-state index contributed by atoms with van der Waals surface area (Å²) in [6, 6.07) is 0. The fourth-order valence-electron chi connectivity index (χ4n) is 5.53. The molecule has 6 nitrogen and oxygen atoms in total. The van der Waals surface area contributed by atoms with Crippen LogP contribution in [0.25, 0.3) is 0 Å². The van der Waals surface area contributed by atoms with E-state index in [1.54, 1.807) is 0 Å². The van der Waals surface area contributed by atoms with Gasteiger partial charge in [0.05, 0.1) is 12.0 Å². The van der Waals surface area contributed by atoms with Gasteiger partial charge >= 0.3 is 11.9 Å². The van der Waals surface area contributed by atoms with Gasteiger partial charge in [0.1, 0.15) is 0 Å². The zero-order valence-corrected chi connectivity index (χ0v) is 27.1. The quantitative estimate of drug-likeness (QED) is 0.0455. The Bertz CT molecular complexity index is 686. The smallest absolute Gasteiger partial charge is 0.310 e. The number of carboxylic acid groups (broad SMARTS) is 2. The van der Waals surface area contributed by atoms with Crippen molar-refractivity contribution in [2.24, 2.45) is 5.92 Å². The summed E-state index contributed by atoms with van der Waals surface area (Å²) in [4.78, 5) is 23.0. The van der Waals surface area contributed by atoms with Crippen molar-refractivity contribution in [1.29, 1.82) is 0 Å². The summed E-state index contributed by atoms with van der Waals surface area (Å²) in [6.07, 6.45) is 31.6. The minimum atomic E-state index is -0.738. The van der Waals surface area contributed by atoms with E-state index in [1.165, 1.54) is 19.3 Å². The van der Waals surface area contributed by atoms with E-state index in [0.29, 0.717) is 12.8 Å². The molecular weight excluding hydrogens is 528 g/mol. The van der Waals surface area contributed by atoms with Gasteiger partial charge in [0.15, 0.2) is 0 Å². The Labute approximate surface area is 258 Å². The van der Waals surface area contributed by atoms with Crippen LogP contribution < -0.4 is 0 Å². The molecule has 246 valence electrons. The van der Waals surface area contributed by atoms with Gasteiger partial charge in [-0.2, -0.15) is 0 Å². The molecule has 0 aromatic rings. The van der Waals surface area contributed by atoms with Gasteiger partial charge in [-0.25, -0.2) is 0 Å². The maximum absolute atomic E-state index is 12.3. The predicted octanol–water partition coefficient (Wildman–Crippen LogP) is 9.77. The minimum absolute atomic E-state index is 0.220. The van der Waals surface area contributed by atoms with E-state index >= 15 is 0 Å². The molecule has 0 saturated heterocycles. The monoisotopic (exact) mass is 594 g/mol. The van der Waals surface area contributed by atoms with Crippen LogP contribution >= 0.6 is 0 Å². The molecule has 0 heterocycles. The van der Waals surface area contributed by atoms with Crippen LogP contribution in [0.4, 0.5) is 0 Å². The van der Waals surface area contributed by atoms with E-state index in [4.69, 9.17) is 10.2 Å². The van der Waals surface area contributed by atoms with Crippen LogP contribution in [0.15, 0.2) is 23.8 Å². The number of unbranched alkanes of at least 4 members (excludes halogenated alkanes) is 17. The molecule has 0 bridgehead atoms. The minimum Gasteiger partial charge on any atom is -0.481 e. The molecule has 0 aliphatic heterocycles. The lowest BCUT2D eigenvalue weighted by Crippen LogP contribution is -2.17. The number of allylic oxidation sites excluding steroid dienone is 2. The summed E-state index contributed by atoms with van der Waals surface area (Å²) in [5, 5.41) is 37.9. The number of carbonyl (C=O) groups is 2. The second-order valence-corrected chi connectivity index (χ2v) is 12.2. The predicted molar refractivity (Wildman–Crippen MR) is 175 cm³/mol. The number of hydrogen-bond acceptors (Lipinski definition) is 4. The molecule has 0 aromatic heterocycles. The molecule has 2 atom stereocenters. The van der Waals surface area contributed by atoms with Crippen LogP contribution in [-0.2, 0) is 9.59 Å². The summed E-state index contributed by atoms with van der Waals surface area (Å²) >= 11 is 0. The standard InChI is InChI=1S/C36H66O6/c1-2-3-4-20-27-33(38)28-21-14-8-5-9-15-22-29-34(36(41)42)32(25-18-12-7-6-10-17-24-31-37)26-19-13-11-16-23-30-35(39)40/h14,21,25,33-34,37-38H,2-13,15-20,22-24,26-31H2,1H3,(H,39,40)(H,41,42)/b21-14-,32-25+/t33-,34?/m1/s1. The molecule has 42 heavy (non-hydrogen) atoms. The van der Waals surface area contributed by atoms with E-state index in [0.717, 1.165) is 134 Å². The lowest BCUT2D eigenvalue weighted by atomic mass is 9.88. The third kappa shape index (κ3) is 27.2. The number of rotatable bonds is 32. The van der Waals surface area contributed by atoms with E-state index in [-0.39, 0.29) is 19.1 Å². The van der Waals surface area contributed by atoms with Crippen LogP contribution in [0.5, 0.6) is 0 Å². The second-order valence-electron chi connectivity index (χ2n) is 12.2. The lowest BCUT2D eigenvalue weighted by molar-refractivity contribution is -0.141. The number of aliphatic hydroxyl groups is 2. The van der Waals surface area contributed by atoms with Crippen molar-refractivity contribution in [1.82, 2.24) is 0 Å². The zero-order chi connectivity index (χ0) is 31.1. The molecular formula is C36H66O6. The maximum atomic E-state index is 12.3. The Morgan fingerprint density at radius 1 is 0.619 bits per heavy atom. The number of aliphatic hydroxyl groups excluding tert-OH is 2. The first kappa shape index (κ1) is 40.3. The molecule has 0 amide bonds. The average Bonchev–Trinajstić information content (AvgIpc) is 2.96. The van der Waals surface area contributed by atoms with Gasteiger partial charge in [-0.1, -0.05) is 121 Å². The van der Waals surface area contributed by atoms with Crippen LogP contribution in [0.3, 0.4) is 0 Å². The highest BCUT2D eigenvalue weighted by Crippen LogP contribution is 2.26. The van der Waals surface area contributed by atoms with Crippen LogP contribution in [0.2, 0.25) is 0 Å². The molecule has 0 fully saturated rings. The van der Waals surface area contributed by atoms with Gasteiger partial charge in [-0.05, 0) is 70.6 Å². The van der Waals surface area contributed by atoms with Gasteiger partial charge in [0, 0.05) is 13.0 Å². The Balaban J connectivity index is 4.49. The van der Waals surface area contributed by atoms with Gasteiger partial charge in [0.25, 0.3) is 0 Å². The first-order valence-electron chi connectivity index (χ1n) is 17.5. The highest BCUT2D eigenvalue weighted by atomic mass is 16.4. The highest BCUT2D eigenvalue weighted by Gasteiger charge is 2.21. The number of hydrogen-bond donors (Lipinski definition) is 4. The highest BCUT2D eigenvalue weighted by molar-refractivity contribution is 5.73. The molecule has 0 aliphatic carbocycles. The molecule has 0 saturated carbocycles. The van der Waals surface area contributed by atoms with Crippen LogP contribution in [-0.4, -0.2) is 45.1 Å². The molecule has 0 radical (unpaired) electrons. The fraction of sp³-hybridized carbons (Fsp3) is 0.833. The van der Waals surface area contributed by atoms with Crippen molar-refractivity contribution >= 4 is 11.9 Å². The van der Waals surface area contributed by atoms with E-state index in [1.807, 2.05) is 0 Å². The first-order chi connectivity index (χ1) is 20.4. The van der Waals surface area contributed by atoms with Gasteiger partial charge < -0.3 is 20.4 Å². The van der Waals surface area contributed by atoms with E-state index in [2.05, 4.69) is 25.2 Å². The topological polar surface area (TPSA) is 115 Å². The fourth-order valence-corrected chi connectivity index (χ4v) is 5.53. The number of aliphatic carboxylic acids is 2. The largest absolute Gasteiger partial charge is 0.481 e. The second kappa shape index (κ2) is 30.8. The van der Waals surface area contributed by atoms with Crippen molar-refractivity contribution in [3.63, 3.8) is 0 Å². The summed E-state index contributed by atoms with van der Waals surface area (Å²) in [5.74, 6) is -1.85. The molecule has 0 aliphatic rings. The third-order valence-corrected chi connectivity index (χ3v) is 8.20. The van der Waals surface area contributed by atoms with Gasteiger partial charge in [0.2, 0.25) is 0 Å².